The fourth-order valence-corrected chi connectivity index (χ4v) is 2.69. The summed E-state index contributed by atoms with van der Waals surface area (Å²) in [7, 11) is 0. The summed E-state index contributed by atoms with van der Waals surface area (Å²) in [6.45, 7) is -0.630. The highest BCUT2D eigenvalue weighted by molar-refractivity contribution is 5.93. The molecule has 0 bridgehead atoms. The van der Waals surface area contributed by atoms with E-state index in [2.05, 4.69) is 10.2 Å². The maximum atomic E-state index is 12.9. The number of furan rings is 1. The van der Waals surface area contributed by atoms with Crippen LogP contribution >= 0.6 is 0 Å². The Morgan fingerprint density at radius 3 is 2.75 bits per heavy atom. The van der Waals surface area contributed by atoms with Crippen molar-refractivity contribution in [1.29, 1.82) is 0 Å². The van der Waals surface area contributed by atoms with Crippen molar-refractivity contribution in [3.05, 3.63) is 30.2 Å². The van der Waals surface area contributed by atoms with Gasteiger partial charge in [0.15, 0.2) is 11.5 Å². The highest BCUT2D eigenvalue weighted by Gasteiger charge is 2.38. The van der Waals surface area contributed by atoms with E-state index in [-0.39, 0.29) is 5.69 Å². The van der Waals surface area contributed by atoms with Crippen molar-refractivity contribution < 1.29 is 27.1 Å². The molecule has 1 aliphatic rings. The Morgan fingerprint density at radius 1 is 1.38 bits per heavy atom. The Bertz CT molecular complexity index is 676. The van der Waals surface area contributed by atoms with Gasteiger partial charge in [-0.15, -0.1) is 0 Å². The molecule has 6 nitrogen and oxygen atoms in total. The third-order valence-electron chi connectivity index (χ3n) is 3.83. The topological polar surface area (TPSA) is 71.4 Å². The van der Waals surface area contributed by atoms with E-state index in [0.717, 1.165) is 4.90 Å². The van der Waals surface area contributed by atoms with Gasteiger partial charge in [0.05, 0.1) is 6.26 Å². The van der Waals surface area contributed by atoms with Crippen molar-refractivity contribution in [2.45, 2.75) is 25.1 Å². The quantitative estimate of drug-likeness (QED) is 0.927. The van der Waals surface area contributed by atoms with Crippen molar-refractivity contribution in [3.63, 3.8) is 0 Å². The van der Waals surface area contributed by atoms with Crippen LogP contribution in [0.3, 0.4) is 0 Å². The summed E-state index contributed by atoms with van der Waals surface area (Å²) in [5.41, 5.74) is 0.361. The van der Waals surface area contributed by atoms with Crippen LogP contribution in [-0.2, 0) is 4.74 Å². The molecule has 0 saturated carbocycles. The van der Waals surface area contributed by atoms with Gasteiger partial charge in [-0.2, -0.15) is 18.3 Å². The molecule has 1 amide bonds. The molecule has 3 rings (SSSR count). The van der Waals surface area contributed by atoms with Crippen molar-refractivity contribution in [1.82, 2.24) is 15.1 Å². The number of amides is 1. The zero-order valence-electron chi connectivity index (χ0n) is 12.7. The average Bonchev–Trinajstić information content (AvgIpc) is 3.22. The van der Waals surface area contributed by atoms with Gasteiger partial charge in [0.1, 0.15) is 12.2 Å². The fourth-order valence-electron chi connectivity index (χ4n) is 2.69. The number of hydrogen-bond acceptors (Lipinski definition) is 4. The van der Waals surface area contributed by atoms with E-state index in [1.165, 1.54) is 12.3 Å². The van der Waals surface area contributed by atoms with Crippen LogP contribution in [0.2, 0.25) is 0 Å². The molecule has 0 radical (unpaired) electrons. The molecule has 130 valence electrons. The summed E-state index contributed by atoms with van der Waals surface area (Å²) >= 11 is 0. The maximum absolute atomic E-state index is 12.9. The summed E-state index contributed by atoms with van der Waals surface area (Å²) in [4.78, 5) is 13.4. The zero-order chi connectivity index (χ0) is 17.2. The summed E-state index contributed by atoms with van der Waals surface area (Å²) in [5, 5.41) is 6.46. The van der Waals surface area contributed by atoms with Crippen LogP contribution in [0.4, 0.5) is 13.2 Å². The normalized spacial score (nSPS) is 16.3. The number of hydrogen-bond donors (Lipinski definition) is 1. The van der Waals surface area contributed by atoms with Crippen LogP contribution in [0, 0.1) is 0 Å². The van der Waals surface area contributed by atoms with Crippen molar-refractivity contribution in [3.8, 4) is 11.5 Å². The minimum atomic E-state index is -4.48. The molecule has 0 atom stereocenters. The Balaban J connectivity index is 1.82. The second-order valence-corrected chi connectivity index (χ2v) is 5.54. The molecule has 0 aliphatic carbocycles. The van der Waals surface area contributed by atoms with Gasteiger partial charge >= 0.3 is 6.18 Å². The molecule has 1 fully saturated rings. The second kappa shape index (κ2) is 6.68. The van der Waals surface area contributed by atoms with Crippen LogP contribution in [0.25, 0.3) is 11.5 Å². The summed E-state index contributed by atoms with van der Waals surface area (Å²) in [5.74, 6) is -0.303. The van der Waals surface area contributed by atoms with Crippen LogP contribution in [0.5, 0.6) is 0 Å². The second-order valence-electron chi connectivity index (χ2n) is 5.54. The number of H-pyrrole nitrogens is 1. The first-order valence-electron chi connectivity index (χ1n) is 7.49. The maximum Gasteiger partial charge on any atom is 0.406 e. The molecule has 3 heterocycles. The third kappa shape index (κ3) is 3.78. The predicted octanol–water partition coefficient (Wildman–Crippen LogP) is 2.85. The summed E-state index contributed by atoms with van der Waals surface area (Å²) < 4.78 is 49.0. The van der Waals surface area contributed by atoms with Crippen molar-refractivity contribution in [2.24, 2.45) is 0 Å². The first-order chi connectivity index (χ1) is 11.4. The smallest absolute Gasteiger partial charge is 0.406 e. The van der Waals surface area contributed by atoms with E-state index in [1.807, 2.05) is 0 Å². The average molecular weight is 343 g/mol. The Hall–Kier alpha value is -2.29. The number of rotatable bonds is 4. The molecule has 0 unspecified atom stereocenters. The highest BCUT2D eigenvalue weighted by Crippen LogP contribution is 2.25. The Morgan fingerprint density at radius 2 is 2.12 bits per heavy atom. The highest BCUT2D eigenvalue weighted by atomic mass is 19.4. The summed E-state index contributed by atoms with van der Waals surface area (Å²) in [6.07, 6.45) is -2.28. The van der Waals surface area contributed by atoms with E-state index in [4.69, 9.17) is 9.15 Å². The van der Waals surface area contributed by atoms with Crippen LogP contribution in [-0.4, -0.2) is 53.0 Å². The molecule has 0 aromatic carbocycles. The van der Waals surface area contributed by atoms with Gasteiger partial charge in [-0.25, -0.2) is 0 Å². The van der Waals surface area contributed by atoms with Gasteiger partial charge in [0, 0.05) is 25.3 Å². The lowest BCUT2D eigenvalue weighted by molar-refractivity contribution is -0.147. The number of halogens is 3. The van der Waals surface area contributed by atoms with E-state index in [1.54, 1.807) is 12.1 Å². The largest absolute Gasteiger partial charge is 0.463 e. The molecule has 1 saturated heterocycles. The fraction of sp³-hybridized carbons (Fsp3) is 0.467. The lowest BCUT2D eigenvalue weighted by Gasteiger charge is -2.34. The number of alkyl halides is 3. The minimum absolute atomic E-state index is 0.0721. The van der Waals surface area contributed by atoms with E-state index >= 15 is 0 Å². The molecule has 1 N–H and O–H groups in total. The van der Waals surface area contributed by atoms with Crippen LogP contribution in [0.15, 0.2) is 28.9 Å². The van der Waals surface area contributed by atoms with Gasteiger partial charge < -0.3 is 14.1 Å². The molecule has 24 heavy (non-hydrogen) atoms. The number of nitrogens with zero attached hydrogens (tertiary/aromatic N) is 2. The van der Waals surface area contributed by atoms with E-state index in [9.17, 15) is 18.0 Å². The van der Waals surface area contributed by atoms with E-state index in [0.29, 0.717) is 37.5 Å². The first-order valence-corrected chi connectivity index (χ1v) is 7.49. The SMILES string of the molecule is O=C(c1cc(-c2ccco2)[nH]n1)N(CC(F)(F)F)C1CCOCC1. The number of aromatic nitrogens is 2. The number of ether oxygens (including phenoxy) is 1. The predicted molar refractivity (Wildman–Crippen MR) is 77.2 cm³/mol. The van der Waals surface area contributed by atoms with Gasteiger partial charge in [-0.3, -0.25) is 9.89 Å². The van der Waals surface area contributed by atoms with Gasteiger partial charge in [-0.1, -0.05) is 0 Å². The molecule has 0 spiro atoms. The first kappa shape index (κ1) is 16.6. The molecular formula is C15H16F3N3O3. The lowest BCUT2D eigenvalue weighted by atomic mass is 10.1. The molecular weight excluding hydrogens is 327 g/mol. The Kier molecular flexibility index (Phi) is 4.61. The molecule has 9 heteroatoms. The lowest BCUT2D eigenvalue weighted by Crippen LogP contribution is -2.48. The van der Waals surface area contributed by atoms with Gasteiger partial charge in [0.25, 0.3) is 5.91 Å². The van der Waals surface area contributed by atoms with Crippen LogP contribution in [0.1, 0.15) is 23.3 Å². The molecule has 2 aromatic heterocycles. The summed E-state index contributed by atoms with van der Waals surface area (Å²) in [6, 6.07) is 4.20. The zero-order valence-corrected chi connectivity index (χ0v) is 12.7. The molecule has 1 aliphatic heterocycles. The van der Waals surface area contributed by atoms with Crippen molar-refractivity contribution in [2.75, 3.05) is 19.8 Å². The number of carbonyl (C=O) groups is 1. The Labute approximate surface area is 135 Å². The monoisotopic (exact) mass is 343 g/mol. The van der Waals surface area contributed by atoms with Gasteiger partial charge in [-0.05, 0) is 25.0 Å². The molecule has 2 aromatic rings. The number of nitrogens with one attached hydrogen (secondary N) is 1. The number of aromatic amines is 1. The van der Waals surface area contributed by atoms with Gasteiger partial charge in [0.2, 0.25) is 0 Å². The van der Waals surface area contributed by atoms with Crippen molar-refractivity contribution >= 4 is 5.91 Å². The third-order valence-corrected chi connectivity index (χ3v) is 3.83. The van der Waals surface area contributed by atoms with Crippen LogP contribution < -0.4 is 0 Å². The van der Waals surface area contributed by atoms with E-state index < -0.39 is 24.7 Å². The minimum Gasteiger partial charge on any atom is -0.463 e. The number of carbonyl (C=O) groups excluding carboxylic acids is 1. The standard InChI is InChI=1S/C15H16F3N3O3/c16-15(17,18)9-21(10-3-6-23-7-4-10)14(22)12-8-11(19-20-12)13-2-1-5-24-13/h1-2,5,8,10H,3-4,6-7,9H2,(H,19,20).